The summed E-state index contributed by atoms with van der Waals surface area (Å²) in [5.41, 5.74) is 1.27. The number of hydrogen-bond acceptors (Lipinski definition) is 4. The Hall–Kier alpha value is -0.450. The summed E-state index contributed by atoms with van der Waals surface area (Å²) in [6, 6.07) is 0.475. The number of thiazole rings is 1. The third kappa shape index (κ3) is 3.50. The first-order chi connectivity index (χ1) is 8.16. The van der Waals surface area contributed by atoms with E-state index in [0.717, 1.165) is 32.6 Å². The zero-order chi connectivity index (χ0) is 12.3. The van der Waals surface area contributed by atoms with E-state index in [0.29, 0.717) is 12.0 Å². The Morgan fingerprint density at radius 2 is 2.06 bits per heavy atom. The Morgan fingerprint density at radius 1 is 1.35 bits per heavy atom. The summed E-state index contributed by atoms with van der Waals surface area (Å²) in [7, 11) is 0. The van der Waals surface area contributed by atoms with Gasteiger partial charge in [-0.25, -0.2) is 4.98 Å². The van der Waals surface area contributed by atoms with Gasteiger partial charge in [-0.05, 0) is 19.3 Å². The van der Waals surface area contributed by atoms with E-state index in [9.17, 15) is 0 Å². The zero-order valence-corrected chi connectivity index (χ0v) is 11.9. The van der Waals surface area contributed by atoms with Gasteiger partial charge in [0.25, 0.3) is 0 Å². The van der Waals surface area contributed by atoms with E-state index in [-0.39, 0.29) is 0 Å². The molecule has 1 aromatic rings. The number of nitrogens with zero attached hydrogens (tertiary/aromatic N) is 2. The highest BCUT2D eigenvalue weighted by atomic mass is 32.1. The average molecular weight is 253 g/mol. The maximum absolute atomic E-state index is 4.78. The van der Waals surface area contributed by atoms with Crippen LogP contribution in [0.4, 0.5) is 0 Å². The smallest absolute Gasteiger partial charge is 0.110 e. The van der Waals surface area contributed by atoms with Crippen molar-refractivity contribution in [3.8, 4) is 0 Å². The predicted octanol–water partition coefficient (Wildman–Crippen LogP) is 2.31. The Kier molecular flexibility index (Phi) is 4.54. The molecule has 4 heteroatoms. The lowest BCUT2D eigenvalue weighted by Crippen LogP contribution is -2.44. The minimum Gasteiger partial charge on any atom is -0.314 e. The lowest BCUT2D eigenvalue weighted by Gasteiger charge is -2.31. The largest absolute Gasteiger partial charge is 0.314 e. The first-order valence-corrected chi connectivity index (χ1v) is 7.44. The average Bonchev–Trinajstić information content (AvgIpc) is 2.77. The molecule has 1 aliphatic rings. The molecule has 1 aromatic heterocycles. The van der Waals surface area contributed by atoms with Crippen LogP contribution in [0.25, 0.3) is 0 Å². The molecular weight excluding hydrogens is 230 g/mol. The zero-order valence-electron chi connectivity index (χ0n) is 11.1. The van der Waals surface area contributed by atoms with Crippen LogP contribution < -0.4 is 5.32 Å². The fourth-order valence-electron chi connectivity index (χ4n) is 2.25. The van der Waals surface area contributed by atoms with Crippen LogP contribution in [0, 0.1) is 5.92 Å². The second kappa shape index (κ2) is 5.94. The van der Waals surface area contributed by atoms with Gasteiger partial charge in [0, 0.05) is 31.6 Å². The van der Waals surface area contributed by atoms with E-state index in [4.69, 9.17) is 4.98 Å². The number of rotatable bonds is 4. The predicted molar refractivity (Wildman–Crippen MR) is 73.5 cm³/mol. The van der Waals surface area contributed by atoms with Gasteiger partial charge in [0.05, 0.1) is 11.7 Å². The van der Waals surface area contributed by atoms with E-state index in [2.05, 4.69) is 36.4 Å². The van der Waals surface area contributed by atoms with Crippen molar-refractivity contribution in [1.82, 2.24) is 15.2 Å². The number of aromatic nitrogens is 1. The van der Waals surface area contributed by atoms with Crippen molar-refractivity contribution >= 4 is 11.3 Å². The molecule has 0 radical (unpaired) electrons. The number of piperazine rings is 1. The highest BCUT2D eigenvalue weighted by Gasteiger charge is 2.20. The van der Waals surface area contributed by atoms with E-state index in [1.54, 1.807) is 0 Å². The van der Waals surface area contributed by atoms with Crippen LogP contribution in [0.1, 0.15) is 37.5 Å². The molecular formula is C13H23N3S. The molecule has 1 fully saturated rings. The number of hydrogen-bond donors (Lipinski definition) is 1. The van der Waals surface area contributed by atoms with Crippen LogP contribution in [0.2, 0.25) is 0 Å². The molecule has 0 amide bonds. The Bertz CT molecular complexity index is 342. The quantitative estimate of drug-likeness (QED) is 0.892. The second-order valence-corrected chi connectivity index (χ2v) is 6.13. The summed E-state index contributed by atoms with van der Waals surface area (Å²) in [6.45, 7) is 11.3. The van der Waals surface area contributed by atoms with Crippen molar-refractivity contribution in [2.45, 2.75) is 33.2 Å². The topological polar surface area (TPSA) is 28.2 Å². The molecule has 0 spiro atoms. The van der Waals surface area contributed by atoms with Gasteiger partial charge in [-0.1, -0.05) is 13.8 Å². The van der Waals surface area contributed by atoms with E-state index >= 15 is 0 Å². The summed E-state index contributed by atoms with van der Waals surface area (Å²) in [5.74, 6) is 0.694. The summed E-state index contributed by atoms with van der Waals surface area (Å²) in [6.07, 6.45) is 1.10. The molecule has 0 aliphatic carbocycles. The van der Waals surface area contributed by atoms with E-state index in [1.165, 1.54) is 10.7 Å². The molecule has 1 aliphatic heterocycles. The van der Waals surface area contributed by atoms with Crippen LogP contribution in [0.3, 0.4) is 0 Å². The second-order valence-electron chi connectivity index (χ2n) is 5.24. The molecule has 1 atom stereocenters. The molecule has 17 heavy (non-hydrogen) atoms. The van der Waals surface area contributed by atoms with Crippen LogP contribution in [-0.2, 0) is 6.42 Å². The highest BCUT2D eigenvalue weighted by Crippen LogP contribution is 2.24. The monoisotopic (exact) mass is 253 g/mol. The third-order valence-corrected chi connectivity index (χ3v) is 4.31. The molecule has 96 valence electrons. The van der Waals surface area contributed by atoms with Crippen molar-refractivity contribution in [3.63, 3.8) is 0 Å². The minimum atomic E-state index is 0.475. The maximum Gasteiger partial charge on any atom is 0.110 e. The van der Waals surface area contributed by atoms with Crippen molar-refractivity contribution in [3.05, 3.63) is 16.1 Å². The molecule has 0 bridgehead atoms. The summed E-state index contributed by atoms with van der Waals surface area (Å²) >= 11 is 1.82. The molecule has 1 N–H and O–H groups in total. The van der Waals surface area contributed by atoms with Crippen molar-refractivity contribution in [2.24, 2.45) is 5.92 Å². The summed E-state index contributed by atoms with van der Waals surface area (Å²) < 4.78 is 0. The maximum atomic E-state index is 4.78. The fourth-order valence-corrected chi connectivity index (χ4v) is 3.17. The standard InChI is InChI=1S/C13H23N3S/c1-10(2)8-12-9-17-13(15-12)11(3)16-6-4-14-5-7-16/h9-11,14H,4-8H2,1-3H3. The molecule has 1 unspecified atom stereocenters. The third-order valence-electron chi connectivity index (χ3n) is 3.24. The summed E-state index contributed by atoms with van der Waals surface area (Å²) in [5, 5.41) is 6.90. The normalized spacial score (nSPS) is 19.8. The molecule has 2 rings (SSSR count). The SMILES string of the molecule is CC(C)Cc1csc(C(C)N2CCNCC2)n1. The van der Waals surface area contributed by atoms with Gasteiger partial charge in [-0.3, -0.25) is 4.90 Å². The van der Waals surface area contributed by atoms with Crippen molar-refractivity contribution in [1.29, 1.82) is 0 Å². The Balaban J connectivity index is 1.98. The number of nitrogens with one attached hydrogen (secondary N) is 1. The highest BCUT2D eigenvalue weighted by molar-refractivity contribution is 7.09. The van der Waals surface area contributed by atoms with Crippen molar-refractivity contribution < 1.29 is 0 Å². The lowest BCUT2D eigenvalue weighted by molar-refractivity contribution is 0.185. The fraction of sp³-hybridized carbons (Fsp3) is 0.769. The van der Waals surface area contributed by atoms with Gasteiger partial charge in [0.15, 0.2) is 0 Å². The van der Waals surface area contributed by atoms with Crippen LogP contribution in [0.15, 0.2) is 5.38 Å². The lowest BCUT2D eigenvalue weighted by atomic mass is 10.1. The Labute approximate surface area is 108 Å². The molecule has 0 saturated carbocycles. The minimum absolute atomic E-state index is 0.475. The molecule has 0 aromatic carbocycles. The Morgan fingerprint density at radius 3 is 2.71 bits per heavy atom. The molecule has 3 nitrogen and oxygen atoms in total. The molecule has 1 saturated heterocycles. The summed E-state index contributed by atoms with van der Waals surface area (Å²) in [4.78, 5) is 7.30. The van der Waals surface area contributed by atoms with Crippen LogP contribution >= 0.6 is 11.3 Å². The first kappa shape index (κ1) is 13.0. The van der Waals surface area contributed by atoms with E-state index < -0.39 is 0 Å². The van der Waals surface area contributed by atoms with Crippen LogP contribution in [0.5, 0.6) is 0 Å². The first-order valence-electron chi connectivity index (χ1n) is 6.56. The van der Waals surface area contributed by atoms with Crippen LogP contribution in [-0.4, -0.2) is 36.1 Å². The van der Waals surface area contributed by atoms with Gasteiger partial charge < -0.3 is 5.32 Å². The van der Waals surface area contributed by atoms with Gasteiger partial charge in [0.1, 0.15) is 5.01 Å². The van der Waals surface area contributed by atoms with Gasteiger partial charge in [-0.2, -0.15) is 0 Å². The molecule has 2 heterocycles. The van der Waals surface area contributed by atoms with E-state index in [1.807, 2.05) is 11.3 Å². The van der Waals surface area contributed by atoms with Crippen molar-refractivity contribution in [2.75, 3.05) is 26.2 Å². The van der Waals surface area contributed by atoms with Gasteiger partial charge in [0.2, 0.25) is 0 Å². The van der Waals surface area contributed by atoms with Gasteiger partial charge >= 0.3 is 0 Å². The van der Waals surface area contributed by atoms with Gasteiger partial charge in [-0.15, -0.1) is 11.3 Å².